The number of urea groups is 1. The maximum atomic E-state index is 13.3. The Morgan fingerprint density at radius 1 is 1.18 bits per heavy atom. The summed E-state index contributed by atoms with van der Waals surface area (Å²) in [6, 6.07) is 13.4. The van der Waals surface area contributed by atoms with E-state index in [4.69, 9.17) is 6.42 Å². The van der Waals surface area contributed by atoms with Gasteiger partial charge in [0.15, 0.2) is 0 Å². The van der Waals surface area contributed by atoms with Crippen molar-refractivity contribution in [2.45, 2.75) is 50.6 Å². The number of amides is 2. The van der Waals surface area contributed by atoms with Crippen molar-refractivity contribution in [1.29, 1.82) is 0 Å². The van der Waals surface area contributed by atoms with Gasteiger partial charge in [-0.05, 0) is 92.8 Å². The van der Waals surface area contributed by atoms with Gasteiger partial charge in [-0.1, -0.05) is 24.1 Å². The summed E-state index contributed by atoms with van der Waals surface area (Å²) in [5.41, 5.74) is 2.46. The van der Waals surface area contributed by atoms with E-state index in [1.165, 1.54) is 22.7 Å². The van der Waals surface area contributed by atoms with Crippen molar-refractivity contribution in [2.75, 3.05) is 38.3 Å². The fraction of sp³-hybridized carbons (Fsp3) is 0.500. The van der Waals surface area contributed by atoms with Crippen molar-refractivity contribution >= 4 is 21.7 Å². The number of sulfonamides is 1. The lowest BCUT2D eigenvalue weighted by atomic mass is 9.80. The molecule has 1 heterocycles. The van der Waals surface area contributed by atoms with E-state index in [1.54, 1.807) is 31.3 Å². The van der Waals surface area contributed by atoms with E-state index >= 15 is 0 Å². The van der Waals surface area contributed by atoms with Crippen molar-refractivity contribution in [1.82, 2.24) is 14.5 Å². The number of nitrogens with zero attached hydrogens (tertiary/aromatic N) is 2. The average Bonchev–Trinajstić information content (AvgIpc) is 2.90. The van der Waals surface area contributed by atoms with Gasteiger partial charge in [-0.25, -0.2) is 21.9 Å². The molecule has 210 valence electrons. The molecular weight excluding hydrogens is 515 g/mol. The minimum Gasteiger partial charge on any atom is -0.335 e. The first-order valence-corrected chi connectivity index (χ1v) is 15.5. The Kier molecular flexibility index (Phi) is 9.65. The van der Waals surface area contributed by atoms with Crippen LogP contribution in [0.15, 0.2) is 48.5 Å². The molecule has 9 heteroatoms. The lowest BCUT2D eigenvalue weighted by Gasteiger charge is -2.43. The van der Waals surface area contributed by atoms with Gasteiger partial charge in [0.1, 0.15) is 5.82 Å². The van der Waals surface area contributed by atoms with Crippen molar-refractivity contribution in [3.63, 3.8) is 0 Å². The van der Waals surface area contributed by atoms with Crippen molar-refractivity contribution < 1.29 is 17.6 Å². The zero-order chi connectivity index (χ0) is 28.0. The van der Waals surface area contributed by atoms with E-state index in [0.717, 1.165) is 44.5 Å². The number of carbonyl (C=O) groups is 1. The van der Waals surface area contributed by atoms with E-state index in [2.05, 4.69) is 21.5 Å². The molecule has 2 N–H and O–H groups in total. The standard InChI is InChI=1S/C30H39FN4O3S/c1-4-22-7-5-9-27(18-22)32-30(36)33-29-15-14-28(34(2)39(3,37)38)19-25(29)21-35-16-6-8-24(20-35)17-23-10-12-26(31)13-11-23/h1,5,7,9-13,18,24-25,28-29H,6,8,14-17,19-21H2,2-3H3,(H2,32,33,36)/t24-,25-,28+,29+/m0/s1. The Morgan fingerprint density at radius 3 is 2.67 bits per heavy atom. The number of terminal acetylenes is 1. The van der Waals surface area contributed by atoms with E-state index in [0.29, 0.717) is 36.4 Å². The lowest BCUT2D eigenvalue weighted by Crippen LogP contribution is -2.53. The lowest BCUT2D eigenvalue weighted by molar-refractivity contribution is 0.104. The summed E-state index contributed by atoms with van der Waals surface area (Å²) >= 11 is 0. The van der Waals surface area contributed by atoms with E-state index in [1.807, 2.05) is 12.1 Å². The first kappa shape index (κ1) is 29.1. The second-order valence-electron chi connectivity index (χ2n) is 11.0. The number of likely N-dealkylation sites (tertiary alicyclic amines) is 1. The third kappa shape index (κ3) is 8.28. The average molecular weight is 555 g/mol. The first-order chi connectivity index (χ1) is 18.6. The van der Waals surface area contributed by atoms with Crippen molar-refractivity contribution in [3.8, 4) is 12.3 Å². The highest BCUT2D eigenvalue weighted by molar-refractivity contribution is 7.88. The molecular formula is C30H39FN4O3S. The molecule has 0 bridgehead atoms. The molecule has 2 aliphatic rings. The van der Waals surface area contributed by atoms with Gasteiger partial charge in [-0.2, -0.15) is 0 Å². The Morgan fingerprint density at radius 2 is 1.95 bits per heavy atom. The van der Waals surface area contributed by atoms with Crippen molar-refractivity contribution in [3.05, 3.63) is 65.5 Å². The summed E-state index contributed by atoms with van der Waals surface area (Å²) in [7, 11) is -1.67. The SMILES string of the molecule is C#Cc1cccc(NC(=O)N[C@@H]2CC[C@@H](N(C)S(C)(=O)=O)C[C@H]2CN2CCC[C@@H](Cc3ccc(F)cc3)C2)c1. The normalized spacial score (nSPS) is 24.2. The number of hydrogen-bond donors (Lipinski definition) is 2. The van der Waals surface area contributed by atoms with Crippen LogP contribution in [0.1, 0.15) is 43.2 Å². The topological polar surface area (TPSA) is 81.8 Å². The largest absolute Gasteiger partial charge is 0.335 e. The molecule has 0 radical (unpaired) electrons. The molecule has 39 heavy (non-hydrogen) atoms. The van der Waals surface area contributed by atoms with Gasteiger partial charge in [0.25, 0.3) is 0 Å². The Bertz CT molecular complexity index is 1280. The number of carbonyl (C=O) groups excluding carboxylic acids is 1. The van der Waals surface area contributed by atoms with Gasteiger partial charge in [0, 0.05) is 43.5 Å². The van der Waals surface area contributed by atoms with E-state index < -0.39 is 10.0 Å². The monoisotopic (exact) mass is 554 g/mol. The Balaban J connectivity index is 1.43. The first-order valence-electron chi connectivity index (χ1n) is 13.6. The zero-order valence-corrected chi connectivity index (χ0v) is 23.6. The molecule has 2 amide bonds. The second kappa shape index (κ2) is 12.9. The predicted molar refractivity (Wildman–Crippen MR) is 153 cm³/mol. The van der Waals surface area contributed by atoms with Crippen LogP contribution in [0.2, 0.25) is 0 Å². The molecule has 7 nitrogen and oxygen atoms in total. The van der Waals surface area contributed by atoms with Gasteiger partial charge in [0.2, 0.25) is 10.0 Å². The summed E-state index contributed by atoms with van der Waals surface area (Å²) in [6.45, 7) is 2.69. The Hall–Kier alpha value is -2.93. The maximum Gasteiger partial charge on any atom is 0.319 e. The molecule has 0 aromatic heterocycles. The number of nitrogens with one attached hydrogen (secondary N) is 2. The fourth-order valence-corrected chi connectivity index (χ4v) is 6.76. The van der Waals surface area contributed by atoms with Crippen LogP contribution in [0.25, 0.3) is 0 Å². The molecule has 1 aliphatic carbocycles. The van der Waals surface area contributed by atoms with Crippen LogP contribution < -0.4 is 10.6 Å². The van der Waals surface area contributed by atoms with Gasteiger partial charge in [0.05, 0.1) is 6.26 Å². The predicted octanol–water partition coefficient (Wildman–Crippen LogP) is 4.31. The third-order valence-electron chi connectivity index (χ3n) is 8.13. The number of halogens is 1. The molecule has 4 atom stereocenters. The smallest absolute Gasteiger partial charge is 0.319 e. The van der Waals surface area contributed by atoms with E-state index in [-0.39, 0.29) is 29.8 Å². The van der Waals surface area contributed by atoms with E-state index in [9.17, 15) is 17.6 Å². The summed E-state index contributed by atoms with van der Waals surface area (Å²) in [6.07, 6.45) is 11.9. The van der Waals surface area contributed by atoms with Crippen LogP contribution in [-0.4, -0.2) is 68.7 Å². The van der Waals surface area contributed by atoms with Gasteiger partial charge < -0.3 is 15.5 Å². The highest BCUT2D eigenvalue weighted by Gasteiger charge is 2.37. The quantitative estimate of drug-likeness (QED) is 0.477. The van der Waals surface area contributed by atoms with Crippen LogP contribution in [0, 0.1) is 30.0 Å². The summed E-state index contributed by atoms with van der Waals surface area (Å²) in [4.78, 5) is 15.4. The number of rotatable bonds is 8. The summed E-state index contributed by atoms with van der Waals surface area (Å²) in [5.74, 6) is 2.92. The minimum absolute atomic E-state index is 0.0810. The third-order valence-corrected chi connectivity index (χ3v) is 9.47. The van der Waals surface area contributed by atoms with Crippen LogP contribution in [0.4, 0.5) is 14.9 Å². The zero-order valence-electron chi connectivity index (χ0n) is 22.8. The highest BCUT2D eigenvalue weighted by Crippen LogP contribution is 2.31. The fourth-order valence-electron chi connectivity index (χ4n) is 6.02. The van der Waals surface area contributed by atoms with Crippen LogP contribution in [-0.2, 0) is 16.4 Å². The van der Waals surface area contributed by atoms with Gasteiger partial charge >= 0.3 is 6.03 Å². The van der Waals surface area contributed by atoms with Crippen LogP contribution in [0.5, 0.6) is 0 Å². The number of anilines is 1. The van der Waals surface area contributed by atoms with Crippen LogP contribution >= 0.6 is 0 Å². The summed E-state index contributed by atoms with van der Waals surface area (Å²) < 4.78 is 39.4. The molecule has 2 aromatic rings. The van der Waals surface area contributed by atoms with Gasteiger partial charge in [-0.15, -0.1) is 6.42 Å². The molecule has 2 fully saturated rings. The van der Waals surface area contributed by atoms with Crippen LogP contribution in [0.3, 0.4) is 0 Å². The number of benzene rings is 2. The highest BCUT2D eigenvalue weighted by atomic mass is 32.2. The van der Waals surface area contributed by atoms with Gasteiger partial charge in [-0.3, -0.25) is 0 Å². The molecule has 0 unspecified atom stereocenters. The molecule has 1 saturated carbocycles. The molecule has 1 aliphatic heterocycles. The summed E-state index contributed by atoms with van der Waals surface area (Å²) in [5, 5.41) is 6.06. The second-order valence-corrected chi connectivity index (χ2v) is 13.1. The van der Waals surface area contributed by atoms with Crippen molar-refractivity contribution in [2.24, 2.45) is 11.8 Å². The Labute approximate surface area is 232 Å². The minimum atomic E-state index is -3.32. The maximum absolute atomic E-state index is 13.3. The molecule has 2 aromatic carbocycles. The molecule has 0 spiro atoms. The number of hydrogen-bond acceptors (Lipinski definition) is 4. The number of piperidine rings is 1. The molecule has 1 saturated heterocycles. The molecule has 4 rings (SSSR count).